The minimum absolute atomic E-state index is 0.0100. The molecule has 4 heteroatoms. The Labute approximate surface area is 127 Å². The van der Waals surface area contributed by atoms with Crippen LogP contribution in [-0.2, 0) is 4.79 Å². The zero-order valence-electron chi connectivity index (χ0n) is 13.1. The molecule has 4 nitrogen and oxygen atoms in total. The van der Waals surface area contributed by atoms with E-state index in [9.17, 15) is 4.79 Å². The Balaban J connectivity index is 2.05. The van der Waals surface area contributed by atoms with Gasteiger partial charge in [0.05, 0.1) is 7.11 Å². The average Bonchev–Trinajstić information content (AvgIpc) is 2.47. The summed E-state index contributed by atoms with van der Waals surface area (Å²) >= 11 is 0. The smallest absolute Gasteiger partial charge is 0.227 e. The van der Waals surface area contributed by atoms with Gasteiger partial charge in [-0.15, -0.1) is 0 Å². The second-order valence-corrected chi connectivity index (χ2v) is 6.27. The summed E-state index contributed by atoms with van der Waals surface area (Å²) in [7, 11) is 1.63. The molecular weight excluding hydrogens is 264 g/mol. The number of nitrogens with two attached hydrogens (primary N) is 1. The van der Waals surface area contributed by atoms with Gasteiger partial charge in [-0.3, -0.25) is 4.79 Å². The van der Waals surface area contributed by atoms with Crippen LogP contribution < -0.4 is 15.8 Å². The molecule has 1 aromatic carbocycles. The highest BCUT2D eigenvalue weighted by Crippen LogP contribution is 2.36. The van der Waals surface area contributed by atoms with Crippen LogP contribution in [0.3, 0.4) is 0 Å². The minimum Gasteiger partial charge on any atom is -0.497 e. The maximum atomic E-state index is 12.6. The summed E-state index contributed by atoms with van der Waals surface area (Å²) in [5.74, 6) is 1.75. The van der Waals surface area contributed by atoms with Crippen LogP contribution in [0.2, 0.25) is 0 Å². The Morgan fingerprint density at radius 1 is 1.33 bits per heavy atom. The molecule has 0 aliphatic heterocycles. The number of methoxy groups -OCH3 is 1. The summed E-state index contributed by atoms with van der Waals surface area (Å²) in [6.45, 7) is 4.22. The zero-order valence-corrected chi connectivity index (χ0v) is 13.1. The van der Waals surface area contributed by atoms with Gasteiger partial charge in [-0.2, -0.15) is 0 Å². The van der Waals surface area contributed by atoms with Gasteiger partial charge in [0, 0.05) is 17.6 Å². The first-order valence-corrected chi connectivity index (χ1v) is 7.71. The Kier molecular flexibility index (Phi) is 5.23. The summed E-state index contributed by atoms with van der Waals surface area (Å²) in [5.41, 5.74) is 6.88. The van der Waals surface area contributed by atoms with Crippen molar-refractivity contribution in [3.05, 3.63) is 24.3 Å². The molecule has 1 aromatic rings. The van der Waals surface area contributed by atoms with E-state index >= 15 is 0 Å². The first-order valence-electron chi connectivity index (χ1n) is 7.71. The van der Waals surface area contributed by atoms with Gasteiger partial charge in [0.25, 0.3) is 0 Å². The van der Waals surface area contributed by atoms with E-state index in [1.54, 1.807) is 7.11 Å². The van der Waals surface area contributed by atoms with E-state index < -0.39 is 0 Å². The fourth-order valence-electron chi connectivity index (χ4n) is 3.24. The largest absolute Gasteiger partial charge is 0.497 e. The average molecular weight is 290 g/mol. The van der Waals surface area contributed by atoms with E-state index in [-0.39, 0.29) is 23.8 Å². The minimum atomic E-state index is 0.0100. The molecule has 3 N–H and O–H groups in total. The van der Waals surface area contributed by atoms with Crippen molar-refractivity contribution in [2.45, 2.75) is 39.2 Å². The van der Waals surface area contributed by atoms with Crippen molar-refractivity contribution in [1.29, 1.82) is 0 Å². The van der Waals surface area contributed by atoms with E-state index in [4.69, 9.17) is 10.5 Å². The number of carbonyl (C=O) groups is 1. The molecule has 1 saturated carbocycles. The Morgan fingerprint density at radius 3 is 2.57 bits per heavy atom. The van der Waals surface area contributed by atoms with Gasteiger partial charge in [-0.25, -0.2) is 0 Å². The molecule has 1 aliphatic rings. The summed E-state index contributed by atoms with van der Waals surface area (Å²) < 4.78 is 5.12. The van der Waals surface area contributed by atoms with Gasteiger partial charge >= 0.3 is 0 Å². The molecule has 0 aromatic heterocycles. The lowest BCUT2D eigenvalue weighted by atomic mass is 9.71. The topological polar surface area (TPSA) is 64.3 Å². The maximum absolute atomic E-state index is 12.6. The second-order valence-electron chi connectivity index (χ2n) is 6.27. The number of amides is 1. The van der Waals surface area contributed by atoms with Crippen molar-refractivity contribution in [2.75, 3.05) is 12.4 Å². The van der Waals surface area contributed by atoms with Crippen LogP contribution in [-0.4, -0.2) is 19.1 Å². The van der Waals surface area contributed by atoms with E-state index in [0.717, 1.165) is 24.3 Å². The van der Waals surface area contributed by atoms with Crippen molar-refractivity contribution in [3.8, 4) is 5.75 Å². The Bertz CT molecular complexity index is 470. The first kappa shape index (κ1) is 15.8. The molecule has 4 atom stereocenters. The van der Waals surface area contributed by atoms with Gasteiger partial charge in [-0.05, 0) is 55.9 Å². The summed E-state index contributed by atoms with van der Waals surface area (Å²) in [6, 6.07) is 7.49. The van der Waals surface area contributed by atoms with Crippen LogP contribution in [0.4, 0.5) is 5.69 Å². The molecule has 0 bridgehead atoms. The molecule has 0 radical (unpaired) electrons. The highest BCUT2D eigenvalue weighted by molar-refractivity contribution is 5.92. The number of benzene rings is 1. The van der Waals surface area contributed by atoms with Crippen molar-refractivity contribution in [3.63, 3.8) is 0 Å². The molecule has 116 valence electrons. The lowest BCUT2D eigenvalue weighted by Gasteiger charge is -2.36. The van der Waals surface area contributed by atoms with Gasteiger partial charge in [-0.1, -0.05) is 13.3 Å². The second kappa shape index (κ2) is 6.94. The van der Waals surface area contributed by atoms with Gasteiger partial charge in [0.15, 0.2) is 0 Å². The molecule has 0 heterocycles. The lowest BCUT2D eigenvalue weighted by molar-refractivity contribution is -0.123. The first-order chi connectivity index (χ1) is 10.0. The molecule has 0 saturated heterocycles. The molecule has 1 fully saturated rings. The van der Waals surface area contributed by atoms with Crippen LogP contribution >= 0.6 is 0 Å². The summed E-state index contributed by atoms with van der Waals surface area (Å²) in [5, 5.41) is 3.02. The summed E-state index contributed by atoms with van der Waals surface area (Å²) in [4.78, 5) is 12.6. The van der Waals surface area contributed by atoms with Gasteiger partial charge in [0.1, 0.15) is 5.75 Å². The van der Waals surface area contributed by atoms with Gasteiger partial charge < -0.3 is 15.8 Å². The van der Waals surface area contributed by atoms with E-state index in [0.29, 0.717) is 5.92 Å². The quantitative estimate of drug-likeness (QED) is 0.896. The van der Waals surface area contributed by atoms with Crippen LogP contribution in [0.15, 0.2) is 24.3 Å². The molecule has 2 unspecified atom stereocenters. The predicted molar refractivity (Wildman–Crippen MR) is 85.3 cm³/mol. The monoisotopic (exact) mass is 290 g/mol. The highest BCUT2D eigenvalue weighted by Gasteiger charge is 2.35. The maximum Gasteiger partial charge on any atom is 0.227 e. The van der Waals surface area contributed by atoms with E-state index in [2.05, 4.69) is 12.2 Å². The SMILES string of the molecule is COc1ccc(NC(=O)C2C[C@H](C)CC[C@H]2C(C)N)cc1. The fraction of sp³-hybridized carbons (Fsp3) is 0.588. The van der Waals surface area contributed by atoms with Crippen LogP contribution in [0.5, 0.6) is 5.75 Å². The van der Waals surface area contributed by atoms with Crippen LogP contribution in [0, 0.1) is 17.8 Å². The third kappa shape index (κ3) is 3.97. The van der Waals surface area contributed by atoms with Crippen molar-refractivity contribution in [1.82, 2.24) is 0 Å². The normalized spacial score (nSPS) is 27.0. The number of hydrogen-bond acceptors (Lipinski definition) is 3. The molecule has 1 amide bonds. The lowest BCUT2D eigenvalue weighted by Crippen LogP contribution is -2.42. The van der Waals surface area contributed by atoms with Gasteiger partial charge in [0.2, 0.25) is 5.91 Å². The molecule has 21 heavy (non-hydrogen) atoms. The molecule has 2 rings (SSSR count). The number of ether oxygens (including phenoxy) is 1. The Morgan fingerprint density at radius 2 is 2.00 bits per heavy atom. The predicted octanol–water partition coefficient (Wildman–Crippen LogP) is 3.03. The third-order valence-electron chi connectivity index (χ3n) is 4.54. The standard InChI is InChI=1S/C17H26N2O2/c1-11-4-9-15(12(2)18)16(10-11)17(20)19-13-5-7-14(21-3)8-6-13/h5-8,11-12,15-16H,4,9-10,18H2,1-3H3,(H,19,20)/t11-,12?,15+,16?/m1/s1. The number of carbonyl (C=O) groups excluding carboxylic acids is 1. The van der Waals surface area contributed by atoms with Crippen molar-refractivity contribution >= 4 is 11.6 Å². The molecule has 0 spiro atoms. The third-order valence-corrected chi connectivity index (χ3v) is 4.54. The number of anilines is 1. The molecular formula is C17H26N2O2. The van der Waals surface area contributed by atoms with Crippen LogP contribution in [0.1, 0.15) is 33.1 Å². The highest BCUT2D eigenvalue weighted by atomic mass is 16.5. The van der Waals surface area contributed by atoms with Crippen molar-refractivity contribution in [2.24, 2.45) is 23.5 Å². The molecule has 1 aliphatic carbocycles. The fourth-order valence-corrected chi connectivity index (χ4v) is 3.24. The van der Waals surface area contributed by atoms with Crippen LogP contribution in [0.25, 0.3) is 0 Å². The Hall–Kier alpha value is -1.55. The number of hydrogen-bond donors (Lipinski definition) is 2. The van der Waals surface area contributed by atoms with E-state index in [1.807, 2.05) is 31.2 Å². The number of rotatable bonds is 4. The zero-order chi connectivity index (χ0) is 15.4. The summed E-state index contributed by atoms with van der Waals surface area (Å²) in [6.07, 6.45) is 3.13. The number of nitrogens with one attached hydrogen (secondary N) is 1. The van der Waals surface area contributed by atoms with E-state index in [1.165, 1.54) is 6.42 Å². The van der Waals surface area contributed by atoms with Crippen molar-refractivity contribution < 1.29 is 9.53 Å².